The fourth-order valence-corrected chi connectivity index (χ4v) is 2.14. The number of nitrogens with one attached hydrogen (secondary N) is 1. The predicted octanol–water partition coefficient (Wildman–Crippen LogP) is 0.522. The number of rotatable bonds is 2. The number of piperazine rings is 1. The minimum absolute atomic E-state index is 0.619. The van der Waals surface area contributed by atoms with Crippen molar-refractivity contribution < 1.29 is 0 Å². The molecule has 0 aromatic carbocycles. The van der Waals surface area contributed by atoms with E-state index in [-0.39, 0.29) is 0 Å². The second-order valence-corrected chi connectivity index (χ2v) is 4.42. The third-order valence-corrected chi connectivity index (χ3v) is 3.10. The first-order chi connectivity index (χ1) is 7.16. The minimum atomic E-state index is 0.619. The third-order valence-electron chi connectivity index (χ3n) is 3.10. The van der Waals surface area contributed by atoms with E-state index in [4.69, 9.17) is 0 Å². The quantitative estimate of drug-likeness (QED) is 0.769. The van der Waals surface area contributed by atoms with E-state index in [1.54, 1.807) is 0 Å². The molecule has 1 aromatic rings. The van der Waals surface area contributed by atoms with Crippen molar-refractivity contribution in [3.8, 4) is 0 Å². The van der Waals surface area contributed by atoms with Crippen LogP contribution in [-0.4, -0.2) is 40.4 Å². The van der Waals surface area contributed by atoms with Gasteiger partial charge in [0.25, 0.3) is 0 Å². The molecule has 0 bridgehead atoms. The van der Waals surface area contributed by atoms with Gasteiger partial charge in [0.2, 0.25) is 0 Å². The number of aromatic nitrogens is 2. The first-order valence-corrected chi connectivity index (χ1v) is 5.61. The van der Waals surface area contributed by atoms with Crippen LogP contribution in [0.5, 0.6) is 0 Å². The van der Waals surface area contributed by atoms with Gasteiger partial charge in [-0.15, -0.1) is 0 Å². The normalized spacial score (nSPS) is 23.3. The van der Waals surface area contributed by atoms with Crippen LogP contribution in [-0.2, 0) is 13.6 Å². The van der Waals surface area contributed by atoms with E-state index in [2.05, 4.69) is 28.3 Å². The Balaban J connectivity index is 2.04. The summed E-state index contributed by atoms with van der Waals surface area (Å²) in [5.41, 5.74) is 2.41. The number of nitrogens with zero attached hydrogens (tertiary/aromatic N) is 3. The monoisotopic (exact) mass is 208 g/mol. The van der Waals surface area contributed by atoms with Crippen molar-refractivity contribution in [2.75, 3.05) is 19.6 Å². The number of hydrogen-bond donors (Lipinski definition) is 1. The van der Waals surface area contributed by atoms with E-state index in [0.717, 1.165) is 31.9 Å². The summed E-state index contributed by atoms with van der Waals surface area (Å²) in [4.78, 5) is 2.51. The van der Waals surface area contributed by atoms with Crippen molar-refractivity contribution in [3.63, 3.8) is 0 Å². The molecule has 1 fully saturated rings. The standard InChI is InChI=1S/C11H20N4/c1-9-6-11(14(3)13-9)8-15-5-4-12-7-10(15)2/h6,10,12H,4-5,7-8H2,1-3H3/t10-/m1/s1. The van der Waals surface area contributed by atoms with Gasteiger partial charge >= 0.3 is 0 Å². The smallest absolute Gasteiger partial charge is 0.0597 e. The maximum Gasteiger partial charge on any atom is 0.0597 e. The molecule has 1 aromatic heterocycles. The summed E-state index contributed by atoms with van der Waals surface area (Å²) in [5, 5.41) is 7.78. The molecule has 1 atom stereocenters. The summed E-state index contributed by atoms with van der Waals surface area (Å²) >= 11 is 0. The third kappa shape index (κ3) is 2.38. The maximum atomic E-state index is 4.38. The lowest BCUT2D eigenvalue weighted by atomic mass is 10.2. The zero-order valence-electron chi connectivity index (χ0n) is 9.82. The van der Waals surface area contributed by atoms with Gasteiger partial charge in [0.15, 0.2) is 0 Å². The second kappa shape index (κ2) is 4.33. The Hall–Kier alpha value is -0.870. The van der Waals surface area contributed by atoms with E-state index in [0.29, 0.717) is 6.04 Å². The summed E-state index contributed by atoms with van der Waals surface area (Å²) in [6, 6.07) is 2.79. The van der Waals surface area contributed by atoms with E-state index < -0.39 is 0 Å². The first kappa shape index (κ1) is 10.6. The molecule has 84 valence electrons. The van der Waals surface area contributed by atoms with Gasteiger partial charge in [-0.05, 0) is 19.9 Å². The number of hydrogen-bond acceptors (Lipinski definition) is 3. The second-order valence-electron chi connectivity index (χ2n) is 4.42. The first-order valence-electron chi connectivity index (χ1n) is 5.61. The minimum Gasteiger partial charge on any atom is -0.314 e. The van der Waals surface area contributed by atoms with Crippen LogP contribution in [0.3, 0.4) is 0 Å². The maximum absolute atomic E-state index is 4.38. The molecule has 1 saturated heterocycles. The van der Waals surface area contributed by atoms with Crippen molar-refractivity contribution in [1.29, 1.82) is 0 Å². The van der Waals surface area contributed by atoms with Crippen LogP contribution in [0, 0.1) is 6.92 Å². The highest BCUT2D eigenvalue weighted by Gasteiger charge is 2.18. The van der Waals surface area contributed by atoms with Crippen molar-refractivity contribution in [2.45, 2.75) is 26.4 Å². The molecular formula is C11H20N4. The van der Waals surface area contributed by atoms with Crippen LogP contribution in [0.15, 0.2) is 6.07 Å². The highest BCUT2D eigenvalue weighted by atomic mass is 15.3. The van der Waals surface area contributed by atoms with E-state index in [1.807, 2.05) is 18.7 Å². The van der Waals surface area contributed by atoms with Gasteiger partial charge in [0, 0.05) is 39.3 Å². The average Bonchev–Trinajstić information content (AvgIpc) is 2.49. The largest absolute Gasteiger partial charge is 0.314 e. The Bertz CT molecular complexity index is 331. The van der Waals surface area contributed by atoms with Crippen molar-refractivity contribution in [3.05, 3.63) is 17.5 Å². The van der Waals surface area contributed by atoms with Gasteiger partial charge in [-0.25, -0.2) is 0 Å². The zero-order valence-corrected chi connectivity index (χ0v) is 9.82. The molecule has 0 spiro atoms. The highest BCUT2D eigenvalue weighted by molar-refractivity contribution is 5.08. The molecule has 0 amide bonds. The van der Waals surface area contributed by atoms with E-state index >= 15 is 0 Å². The molecule has 1 N–H and O–H groups in total. The van der Waals surface area contributed by atoms with Crippen LogP contribution in [0.1, 0.15) is 18.3 Å². The van der Waals surface area contributed by atoms with Crippen molar-refractivity contribution in [2.24, 2.45) is 7.05 Å². The summed E-state index contributed by atoms with van der Waals surface area (Å²) in [6.07, 6.45) is 0. The number of aryl methyl sites for hydroxylation is 2. The van der Waals surface area contributed by atoms with E-state index in [1.165, 1.54) is 5.69 Å². The van der Waals surface area contributed by atoms with Gasteiger partial charge < -0.3 is 5.32 Å². The van der Waals surface area contributed by atoms with Gasteiger partial charge in [0.05, 0.1) is 11.4 Å². The molecule has 1 aliphatic heterocycles. The Morgan fingerprint density at radius 2 is 2.40 bits per heavy atom. The van der Waals surface area contributed by atoms with Gasteiger partial charge in [-0.2, -0.15) is 5.10 Å². The molecule has 4 nitrogen and oxygen atoms in total. The molecule has 15 heavy (non-hydrogen) atoms. The SMILES string of the molecule is Cc1cc(CN2CCNC[C@H]2C)n(C)n1. The van der Waals surface area contributed by atoms with Crippen LogP contribution in [0.25, 0.3) is 0 Å². The predicted molar refractivity (Wildman–Crippen MR) is 60.7 cm³/mol. The Kier molecular flexibility index (Phi) is 3.07. The van der Waals surface area contributed by atoms with Crippen LogP contribution in [0.4, 0.5) is 0 Å². The summed E-state index contributed by atoms with van der Waals surface area (Å²) < 4.78 is 1.99. The summed E-state index contributed by atoms with van der Waals surface area (Å²) in [6.45, 7) is 8.66. The molecule has 0 unspecified atom stereocenters. The highest BCUT2D eigenvalue weighted by Crippen LogP contribution is 2.10. The molecule has 0 radical (unpaired) electrons. The lowest BCUT2D eigenvalue weighted by Gasteiger charge is -2.33. The van der Waals surface area contributed by atoms with Crippen LogP contribution in [0.2, 0.25) is 0 Å². The van der Waals surface area contributed by atoms with Gasteiger partial charge in [0.1, 0.15) is 0 Å². The molecule has 0 aliphatic carbocycles. The Morgan fingerprint density at radius 3 is 3.00 bits per heavy atom. The molecule has 2 heterocycles. The van der Waals surface area contributed by atoms with Gasteiger partial charge in [-0.3, -0.25) is 9.58 Å². The molecule has 1 aliphatic rings. The lowest BCUT2D eigenvalue weighted by Crippen LogP contribution is -2.49. The average molecular weight is 208 g/mol. The molecular weight excluding hydrogens is 188 g/mol. The topological polar surface area (TPSA) is 33.1 Å². The lowest BCUT2D eigenvalue weighted by molar-refractivity contribution is 0.162. The molecule has 4 heteroatoms. The van der Waals surface area contributed by atoms with Crippen molar-refractivity contribution >= 4 is 0 Å². The molecule has 0 saturated carbocycles. The Morgan fingerprint density at radius 1 is 1.60 bits per heavy atom. The Labute approximate surface area is 91.3 Å². The summed E-state index contributed by atoms with van der Waals surface area (Å²) in [7, 11) is 2.02. The van der Waals surface area contributed by atoms with Gasteiger partial charge in [-0.1, -0.05) is 0 Å². The van der Waals surface area contributed by atoms with Crippen LogP contribution < -0.4 is 5.32 Å². The zero-order chi connectivity index (χ0) is 10.8. The van der Waals surface area contributed by atoms with E-state index in [9.17, 15) is 0 Å². The van der Waals surface area contributed by atoms with Crippen molar-refractivity contribution in [1.82, 2.24) is 20.0 Å². The fourth-order valence-electron chi connectivity index (χ4n) is 2.14. The fraction of sp³-hybridized carbons (Fsp3) is 0.727. The van der Waals surface area contributed by atoms with Crippen LogP contribution >= 0.6 is 0 Å². The molecule has 2 rings (SSSR count). The summed E-state index contributed by atoms with van der Waals surface area (Å²) in [5.74, 6) is 0.